The third-order valence-electron chi connectivity index (χ3n) is 2.45. The molecule has 0 saturated carbocycles. The molecule has 17 heavy (non-hydrogen) atoms. The lowest BCUT2D eigenvalue weighted by molar-refractivity contribution is 0.409. The van der Waals surface area contributed by atoms with Crippen molar-refractivity contribution in [2.24, 2.45) is 0 Å². The van der Waals surface area contributed by atoms with Crippen molar-refractivity contribution in [3.05, 3.63) is 29.6 Å². The molecule has 0 aliphatic carbocycles. The van der Waals surface area contributed by atoms with Gasteiger partial charge in [-0.2, -0.15) is 5.26 Å². The van der Waals surface area contributed by atoms with E-state index >= 15 is 0 Å². The van der Waals surface area contributed by atoms with Crippen LogP contribution in [0.3, 0.4) is 0 Å². The van der Waals surface area contributed by atoms with E-state index in [4.69, 9.17) is 5.26 Å². The molecule has 1 aromatic rings. The highest BCUT2D eigenvalue weighted by Gasteiger charge is 2.26. The first-order valence-corrected chi connectivity index (χ1v) is 6.44. The standard InChI is InChI=1S/C10H10FN3O2S/c11-9-3-7(4-12)1-2-10(9)17(15,16)14-8-5-13-6-8/h1-3,8,13-14H,5-6H2. The van der Waals surface area contributed by atoms with Crippen molar-refractivity contribution in [3.8, 4) is 6.07 Å². The Morgan fingerprint density at radius 3 is 2.65 bits per heavy atom. The van der Waals surface area contributed by atoms with Crippen LogP contribution >= 0.6 is 0 Å². The van der Waals surface area contributed by atoms with E-state index in [9.17, 15) is 12.8 Å². The molecule has 0 aromatic heterocycles. The van der Waals surface area contributed by atoms with Gasteiger partial charge in [0.15, 0.2) is 0 Å². The van der Waals surface area contributed by atoms with Crippen molar-refractivity contribution in [2.75, 3.05) is 13.1 Å². The minimum atomic E-state index is -3.85. The normalized spacial score (nSPS) is 16.2. The minimum absolute atomic E-state index is 0.0896. The Balaban J connectivity index is 2.29. The molecule has 0 bridgehead atoms. The molecule has 0 radical (unpaired) electrons. The topological polar surface area (TPSA) is 82.0 Å². The minimum Gasteiger partial charge on any atom is -0.313 e. The van der Waals surface area contributed by atoms with Gasteiger partial charge in [-0.15, -0.1) is 0 Å². The van der Waals surface area contributed by atoms with E-state index in [0.717, 1.165) is 12.1 Å². The summed E-state index contributed by atoms with van der Waals surface area (Å²) in [5.74, 6) is -0.913. The molecule has 1 aliphatic heterocycles. The highest BCUT2D eigenvalue weighted by molar-refractivity contribution is 7.89. The summed E-state index contributed by atoms with van der Waals surface area (Å²) in [6.45, 7) is 1.08. The fourth-order valence-corrected chi connectivity index (χ4v) is 2.74. The van der Waals surface area contributed by atoms with Gasteiger partial charge in [0.1, 0.15) is 10.7 Å². The van der Waals surface area contributed by atoms with Crippen molar-refractivity contribution in [2.45, 2.75) is 10.9 Å². The lowest BCUT2D eigenvalue weighted by atomic mass is 10.2. The number of nitrogens with one attached hydrogen (secondary N) is 2. The smallest absolute Gasteiger partial charge is 0.243 e. The number of hydrogen-bond donors (Lipinski definition) is 2. The Bertz CT molecular complexity index is 576. The van der Waals surface area contributed by atoms with Gasteiger partial charge < -0.3 is 5.32 Å². The summed E-state index contributed by atoms with van der Waals surface area (Å²) >= 11 is 0. The average Bonchev–Trinajstić information content (AvgIpc) is 2.23. The molecule has 2 N–H and O–H groups in total. The molecule has 1 saturated heterocycles. The van der Waals surface area contributed by atoms with Crippen LogP contribution in [0.4, 0.5) is 4.39 Å². The van der Waals surface area contributed by atoms with Crippen LogP contribution in [0.15, 0.2) is 23.1 Å². The molecule has 1 aliphatic rings. The van der Waals surface area contributed by atoms with Gasteiger partial charge in [-0.3, -0.25) is 0 Å². The van der Waals surface area contributed by atoms with Crippen LogP contribution in [-0.4, -0.2) is 27.5 Å². The summed E-state index contributed by atoms with van der Waals surface area (Å²) < 4.78 is 39.5. The van der Waals surface area contributed by atoms with Crippen LogP contribution in [-0.2, 0) is 10.0 Å². The van der Waals surface area contributed by atoms with Gasteiger partial charge in [0, 0.05) is 19.1 Å². The highest BCUT2D eigenvalue weighted by Crippen LogP contribution is 2.16. The zero-order chi connectivity index (χ0) is 12.5. The third kappa shape index (κ3) is 2.44. The maximum atomic E-state index is 13.5. The molecule has 0 spiro atoms. The summed E-state index contributed by atoms with van der Waals surface area (Å²) in [6.07, 6.45) is 0. The molecular weight excluding hydrogens is 245 g/mol. The van der Waals surface area contributed by atoms with E-state index < -0.39 is 20.7 Å². The van der Waals surface area contributed by atoms with Crippen LogP contribution in [0, 0.1) is 17.1 Å². The molecule has 7 heteroatoms. The first-order valence-electron chi connectivity index (χ1n) is 4.95. The summed E-state index contributed by atoms with van der Waals surface area (Å²) in [5.41, 5.74) is 0.0896. The lowest BCUT2D eigenvalue weighted by Gasteiger charge is -2.27. The molecule has 90 valence electrons. The van der Waals surface area contributed by atoms with Crippen molar-refractivity contribution in [3.63, 3.8) is 0 Å². The number of benzene rings is 1. The third-order valence-corrected chi connectivity index (χ3v) is 4.01. The Morgan fingerprint density at radius 2 is 2.18 bits per heavy atom. The van der Waals surface area contributed by atoms with Crippen LogP contribution < -0.4 is 10.0 Å². The van der Waals surface area contributed by atoms with Gasteiger partial charge in [-0.05, 0) is 18.2 Å². The second-order valence-electron chi connectivity index (χ2n) is 3.73. The maximum Gasteiger partial charge on any atom is 0.243 e. The van der Waals surface area contributed by atoms with E-state index in [1.165, 1.54) is 6.07 Å². The number of hydrogen-bond acceptors (Lipinski definition) is 4. The molecule has 0 atom stereocenters. The maximum absolute atomic E-state index is 13.5. The van der Waals surface area contributed by atoms with Crippen molar-refractivity contribution < 1.29 is 12.8 Å². The van der Waals surface area contributed by atoms with E-state index in [0.29, 0.717) is 13.1 Å². The first kappa shape index (κ1) is 12.0. The van der Waals surface area contributed by atoms with Gasteiger partial charge in [0.25, 0.3) is 0 Å². The van der Waals surface area contributed by atoms with Gasteiger partial charge in [-0.1, -0.05) is 0 Å². The van der Waals surface area contributed by atoms with Crippen LogP contribution in [0.1, 0.15) is 5.56 Å². The van der Waals surface area contributed by atoms with Crippen LogP contribution in [0.2, 0.25) is 0 Å². The number of sulfonamides is 1. The van der Waals surface area contributed by atoms with Crippen molar-refractivity contribution in [1.82, 2.24) is 10.0 Å². The largest absolute Gasteiger partial charge is 0.313 e. The first-order chi connectivity index (χ1) is 8.03. The van der Waals surface area contributed by atoms with Crippen molar-refractivity contribution in [1.29, 1.82) is 5.26 Å². The number of halogens is 1. The average molecular weight is 255 g/mol. The van der Waals surface area contributed by atoms with E-state index in [1.807, 2.05) is 0 Å². The quantitative estimate of drug-likeness (QED) is 0.793. The van der Waals surface area contributed by atoms with Gasteiger partial charge in [0.05, 0.1) is 11.6 Å². The molecular formula is C10H10FN3O2S. The number of rotatable bonds is 3. The van der Waals surface area contributed by atoms with Crippen LogP contribution in [0.25, 0.3) is 0 Å². The Labute approximate surface area is 98.3 Å². The molecule has 1 heterocycles. The van der Waals surface area contributed by atoms with E-state index in [1.54, 1.807) is 6.07 Å². The zero-order valence-corrected chi connectivity index (χ0v) is 9.59. The highest BCUT2D eigenvalue weighted by atomic mass is 32.2. The summed E-state index contributed by atoms with van der Waals surface area (Å²) in [7, 11) is -3.85. The summed E-state index contributed by atoms with van der Waals surface area (Å²) in [4.78, 5) is -0.427. The molecule has 0 amide bonds. The molecule has 1 aromatic carbocycles. The zero-order valence-electron chi connectivity index (χ0n) is 8.77. The predicted octanol–water partition coefficient (Wildman–Crippen LogP) is -0.0525. The Hall–Kier alpha value is -1.49. The lowest BCUT2D eigenvalue weighted by Crippen LogP contribution is -2.56. The van der Waals surface area contributed by atoms with Crippen molar-refractivity contribution >= 4 is 10.0 Å². The number of nitriles is 1. The second kappa shape index (κ2) is 4.41. The number of nitrogens with zero attached hydrogens (tertiary/aromatic N) is 1. The van der Waals surface area contributed by atoms with Crippen LogP contribution in [0.5, 0.6) is 0 Å². The fraction of sp³-hybridized carbons (Fsp3) is 0.300. The van der Waals surface area contributed by atoms with Gasteiger partial charge >= 0.3 is 0 Å². The van der Waals surface area contributed by atoms with Gasteiger partial charge in [-0.25, -0.2) is 17.5 Å². The monoisotopic (exact) mass is 255 g/mol. The predicted molar refractivity (Wildman–Crippen MR) is 58.1 cm³/mol. The molecule has 1 fully saturated rings. The summed E-state index contributed by atoms with van der Waals surface area (Å²) in [5, 5.41) is 11.5. The van der Waals surface area contributed by atoms with E-state index in [2.05, 4.69) is 10.0 Å². The molecule has 2 rings (SSSR count). The van der Waals surface area contributed by atoms with Gasteiger partial charge in [0.2, 0.25) is 10.0 Å². The molecule has 0 unspecified atom stereocenters. The second-order valence-corrected chi connectivity index (χ2v) is 5.42. The van der Waals surface area contributed by atoms with E-state index in [-0.39, 0.29) is 11.6 Å². The fourth-order valence-electron chi connectivity index (χ4n) is 1.44. The molecule has 5 nitrogen and oxygen atoms in total. The Kier molecular flexibility index (Phi) is 3.11. The summed E-state index contributed by atoms with van der Waals surface area (Å²) in [6, 6.07) is 4.83. The Morgan fingerprint density at radius 1 is 1.47 bits per heavy atom. The SMILES string of the molecule is N#Cc1ccc(S(=O)(=O)NC2CNC2)c(F)c1.